The zero-order chi connectivity index (χ0) is 32.2. The molecule has 1 aliphatic heterocycles. The van der Waals surface area contributed by atoms with Crippen LogP contribution >= 0.6 is 0 Å². The van der Waals surface area contributed by atoms with E-state index in [9.17, 15) is 14.4 Å². The molecule has 0 saturated carbocycles. The van der Waals surface area contributed by atoms with Crippen LogP contribution in [0.3, 0.4) is 0 Å². The van der Waals surface area contributed by atoms with Gasteiger partial charge in [-0.05, 0) is 42.0 Å². The molecule has 232 valence electrons. The van der Waals surface area contributed by atoms with Crippen molar-refractivity contribution in [2.75, 3.05) is 25.1 Å². The van der Waals surface area contributed by atoms with Crippen LogP contribution < -0.4 is 36.7 Å². The molecule has 0 fully saturated rings. The van der Waals surface area contributed by atoms with E-state index >= 15 is 0 Å². The number of rotatable bonds is 11. The van der Waals surface area contributed by atoms with Crippen molar-refractivity contribution in [2.24, 2.45) is 11.5 Å². The molecule has 1 atom stereocenters. The minimum atomic E-state index is -1.09. The number of nitrogen functional groups attached to an aromatic ring is 2. The molecule has 0 spiro atoms. The van der Waals surface area contributed by atoms with Crippen LogP contribution in [-0.2, 0) is 20.8 Å². The lowest BCUT2D eigenvalue weighted by Gasteiger charge is -2.26. The average molecular weight is 615 g/mol. The van der Waals surface area contributed by atoms with Gasteiger partial charge in [0.25, 0.3) is 11.8 Å². The van der Waals surface area contributed by atoms with E-state index in [1.165, 1.54) is 17.0 Å². The molecular weight excluding hydrogens is 584 g/mol. The first-order valence-corrected chi connectivity index (χ1v) is 13.6. The molecular formula is C29H30N10O6. The summed E-state index contributed by atoms with van der Waals surface area (Å²) in [6.07, 6.45) is 2.13. The second-order valence-corrected chi connectivity index (χ2v) is 10.2. The molecule has 0 radical (unpaired) electrons. The summed E-state index contributed by atoms with van der Waals surface area (Å²) < 4.78 is 17.9. The van der Waals surface area contributed by atoms with Gasteiger partial charge < -0.3 is 46.6 Å². The summed E-state index contributed by atoms with van der Waals surface area (Å²) in [5, 5.41) is 10.4. The van der Waals surface area contributed by atoms with Crippen molar-refractivity contribution in [3.05, 3.63) is 59.9 Å². The number of hydrogen-bond donors (Lipinski definition) is 6. The highest BCUT2D eigenvalue weighted by molar-refractivity contribution is 5.99. The third-order valence-corrected chi connectivity index (χ3v) is 6.60. The lowest BCUT2D eigenvalue weighted by Crippen LogP contribution is -2.38. The summed E-state index contributed by atoms with van der Waals surface area (Å²) in [7, 11) is 3.31. The van der Waals surface area contributed by atoms with Crippen molar-refractivity contribution in [1.29, 1.82) is 5.41 Å². The second-order valence-electron chi connectivity index (χ2n) is 10.2. The molecule has 0 saturated heterocycles. The van der Waals surface area contributed by atoms with Crippen LogP contribution in [0.5, 0.6) is 29.3 Å². The Morgan fingerprint density at radius 3 is 2.60 bits per heavy atom. The minimum Gasteiger partial charge on any atom is -0.462 e. The summed E-state index contributed by atoms with van der Waals surface area (Å²) >= 11 is 0. The summed E-state index contributed by atoms with van der Waals surface area (Å²) in [6, 6.07) is 9.36. The highest BCUT2D eigenvalue weighted by Crippen LogP contribution is 2.41. The maximum atomic E-state index is 12.9. The number of anilines is 2. The van der Waals surface area contributed by atoms with Crippen molar-refractivity contribution >= 4 is 34.9 Å². The number of amidine groups is 1. The molecule has 0 bridgehead atoms. The quantitative estimate of drug-likeness (QED) is 0.0808. The summed E-state index contributed by atoms with van der Waals surface area (Å²) in [4.78, 5) is 54.3. The molecule has 2 aromatic carbocycles. The Labute approximate surface area is 256 Å². The molecule has 1 aliphatic rings. The van der Waals surface area contributed by atoms with Gasteiger partial charge in [0.2, 0.25) is 17.7 Å². The second kappa shape index (κ2) is 12.6. The third-order valence-electron chi connectivity index (χ3n) is 6.60. The predicted molar refractivity (Wildman–Crippen MR) is 162 cm³/mol. The van der Waals surface area contributed by atoms with Crippen LogP contribution in [0.2, 0.25) is 0 Å². The number of fused-ring (bicyclic) bond motifs is 1. The van der Waals surface area contributed by atoms with Gasteiger partial charge in [0.15, 0.2) is 17.5 Å². The van der Waals surface area contributed by atoms with E-state index in [4.69, 9.17) is 36.8 Å². The van der Waals surface area contributed by atoms with Crippen LogP contribution in [-0.4, -0.2) is 68.6 Å². The molecule has 45 heavy (non-hydrogen) atoms. The molecule has 1 unspecified atom stereocenters. The van der Waals surface area contributed by atoms with Crippen molar-refractivity contribution in [3.63, 3.8) is 0 Å². The predicted octanol–water partition coefficient (Wildman–Crippen LogP) is 1.91. The topological polar surface area (TPSA) is 251 Å². The molecule has 5 rings (SSSR count). The van der Waals surface area contributed by atoms with Gasteiger partial charge in [-0.1, -0.05) is 0 Å². The number of nitrogens with one attached hydrogen (secondary N) is 3. The SMILES string of the molecule is CN(C)C(=O)Cc1cc(Oc2nc(Oc3cc(C(=N)N)ccc3N)nc3c2NC(=O)C(CCC(N)=O)O3)cc(-c2ncc[nH]2)c1. The first-order valence-electron chi connectivity index (χ1n) is 13.6. The number of hydrogen-bond acceptors (Lipinski definition) is 11. The molecule has 3 amide bonds. The molecule has 9 N–H and O–H groups in total. The van der Waals surface area contributed by atoms with E-state index in [1.807, 2.05) is 0 Å². The van der Waals surface area contributed by atoms with Gasteiger partial charge in [-0.2, -0.15) is 9.97 Å². The van der Waals surface area contributed by atoms with E-state index in [-0.39, 0.29) is 71.6 Å². The Morgan fingerprint density at radius 2 is 1.91 bits per heavy atom. The fourth-order valence-electron chi connectivity index (χ4n) is 4.28. The number of primary amides is 1. The van der Waals surface area contributed by atoms with Gasteiger partial charge >= 0.3 is 6.01 Å². The van der Waals surface area contributed by atoms with Crippen molar-refractivity contribution < 1.29 is 28.6 Å². The average Bonchev–Trinajstić information content (AvgIpc) is 3.53. The van der Waals surface area contributed by atoms with Crippen LogP contribution in [0, 0.1) is 5.41 Å². The maximum Gasteiger partial charge on any atom is 0.328 e. The van der Waals surface area contributed by atoms with E-state index < -0.39 is 17.9 Å². The van der Waals surface area contributed by atoms with E-state index in [1.54, 1.807) is 50.8 Å². The third kappa shape index (κ3) is 7.07. The number of amides is 3. The van der Waals surface area contributed by atoms with Gasteiger partial charge in [0, 0.05) is 50.5 Å². The zero-order valence-electron chi connectivity index (χ0n) is 24.3. The molecule has 0 aliphatic carbocycles. The number of aromatic nitrogens is 4. The Kier molecular flexibility index (Phi) is 8.46. The molecule has 16 heteroatoms. The lowest BCUT2D eigenvalue weighted by molar-refractivity contribution is -0.128. The number of carbonyl (C=O) groups excluding carboxylic acids is 3. The molecule has 16 nitrogen and oxygen atoms in total. The van der Waals surface area contributed by atoms with E-state index in [0.29, 0.717) is 22.5 Å². The minimum absolute atomic E-state index is 0.000941. The number of imidazole rings is 1. The zero-order valence-corrected chi connectivity index (χ0v) is 24.3. The van der Waals surface area contributed by atoms with Gasteiger partial charge in [-0.15, -0.1) is 0 Å². The van der Waals surface area contributed by atoms with Gasteiger partial charge in [-0.3, -0.25) is 19.8 Å². The van der Waals surface area contributed by atoms with Crippen LogP contribution in [0.25, 0.3) is 11.4 Å². The molecule has 3 heterocycles. The number of nitrogens with two attached hydrogens (primary N) is 3. The highest BCUT2D eigenvalue weighted by Gasteiger charge is 2.33. The van der Waals surface area contributed by atoms with Gasteiger partial charge in [0.1, 0.15) is 17.4 Å². The molecule has 4 aromatic rings. The number of aromatic amines is 1. The summed E-state index contributed by atoms with van der Waals surface area (Å²) in [5.74, 6) is -0.889. The monoisotopic (exact) mass is 614 g/mol. The Balaban J connectivity index is 1.57. The first kappa shape index (κ1) is 30.3. The fraction of sp³-hybridized carbons (Fsp3) is 0.207. The standard InChI is InChI=1S/C29H30N10O6/c1-39(2)22(41)11-14-9-16(25-34-7-8-35-25)12-17(10-14)43-27-23-28(44-19(26(42)36-23)5-6-21(31)40)38-29(37-27)45-20-13-15(24(32)33)3-4-18(20)30/h3-4,7-10,12-13,19H,5-6,11,30H2,1-2H3,(H2,31,40)(H3,32,33)(H,34,35)(H,36,42). The number of H-pyrrole nitrogens is 1. The van der Waals surface area contributed by atoms with Crippen LogP contribution in [0.15, 0.2) is 48.8 Å². The van der Waals surface area contributed by atoms with Gasteiger partial charge in [-0.25, -0.2) is 4.98 Å². The van der Waals surface area contributed by atoms with Crippen LogP contribution in [0.1, 0.15) is 24.0 Å². The number of benzene rings is 2. The van der Waals surface area contributed by atoms with Gasteiger partial charge in [0.05, 0.1) is 12.1 Å². The normalized spacial score (nSPS) is 13.6. The molecule has 2 aromatic heterocycles. The number of nitrogens with zero attached hydrogens (tertiary/aromatic N) is 4. The van der Waals surface area contributed by atoms with Crippen molar-refractivity contribution in [2.45, 2.75) is 25.4 Å². The highest BCUT2D eigenvalue weighted by atomic mass is 16.5. The van der Waals surface area contributed by atoms with Crippen LogP contribution in [0.4, 0.5) is 11.4 Å². The number of likely N-dealkylation sites (N-methyl/N-ethyl adjacent to an activating group) is 1. The number of ether oxygens (including phenoxy) is 3. The first-order chi connectivity index (χ1) is 21.5. The Bertz CT molecular complexity index is 1790. The lowest BCUT2D eigenvalue weighted by atomic mass is 10.1. The Morgan fingerprint density at radius 1 is 1.11 bits per heavy atom. The summed E-state index contributed by atoms with van der Waals surface area (Å²) in [5.41, 5.74) is 18.8. The van der Waals surface area contributed by atoms with Crippen molar-refractivity contribution in [3.8, 4) is 40.7 Å². The fourth-order valence-corrected chi connectivity index (χ4v) is 4.28. The maximum absolute atomic E-state index is 12.9. The number of carbonyl (C=O) groups is 3. The Hall–Kier alpha value is -6.19. The smallest absolute Gasteiger partial charge is 0.328 e. The van der Waals surface area contributed by atoms with E-state index in [2.05, 4.69) is 25.3 Å². The van der Waals surface area contributed by atoms with Crippen molar-refractivity contribution in [1.82, 2.24) is 24.8 Å². The van der Waals surface area contributed by atoms with E-state index in [0.717, 1.165) is 0 Å². The largest absolute Gasteiger partial charge is 0.462 e. The summed E-state index contributed by atoms with van der Waals surface area (Å²) in [6.45, 7) is 0.